The first-order chi connectivity index (χ1) is 10.6. The molecule has 0 unspecified atom stereocenters. The van der Waals surface area contributed by atoms with Gasteiger partial charge in [0, 0.05) is 11.1 Å². The fraction of sp³-hybridized carbons (Fsp3) is 0.0625. The Morgan fingerprint density at radius 2 is 1.77 bits per heavy atom. The molecule has 0 atom stereocenters. The maximum atomic E-state index is 11.8. The number of rotatable bonds is 1. The molecule has 6 nitrogen and oxygen atoms in total. The highest BCUT2D eigenvalue weighted by Crippen LogP contribution is 2.27. The number of anilines is 1. The maximum Gasteiger partial charge on any atom is 0.268 e. The zero-order chi connectivity index (χ0) is 16.1. The van der Waals surface area contributed by atoms with Gasteiger partial charge in [0.1, 0.15) is 35.7 Å². The van der Waals surface area contributed by atoms with Crippen LogP contribution in [0.3, 0.4) is 0 Å². The lowest BCUT2D eigenvalue weighted by Gasteiger charge is -2.08. The number of aliphatic hydroxyl groups is 1. The van der Waals surface area contributed by atoms with Gasteiger partial charge < -0.3 is 15.8 Å². The summed E-state index contributed by atoms with van der Waals surface area (Å²) in [5.74, 6) is 5.17. The second-order valence-electron chi connectivity index (χ2n) is 4.25. The third-order valence-corrected chi connectivity index (χ3v) is 2.95. The average molecular weight is 290 g/mol. The number of aromatic nitrogens is 1. The number of aliphatic hydroxyl groups excluding tert-OH is 1. The molecule has 106 valence electrons. The summed E-state index contributed by atoms with van der Waals surface area (Å²) in [6, 6.07) is 10.3. The van der Waals surface area contributed by atoms with Crippen molar-refractivity contribution >= 4 is 5.82 Å². The third kappa shape index (κ3) is 2.66. The molecule has 1 aromatic heterocycles. The number of hydrogen-bond donors (Lipinski definition) is 3. The van der Waals surface area contributed by atoms with E-state index in [0.29, 0.717) is 11.1 Å². The first kappa shape index (κ1) is 14.9. The van der Waals surface area contributed by atoms with Gasteiger partial charge in [-0.2, -0.15) is 10.5 Å². The van der Waals surface area contributed by atoms with Crippen molar-refractivity contribution in [2.24, 2.45) is 0 Å². The number of pyridine rings is 1. The lowest BCUT2D eigenvalue weighted by molar-refractivity contribution is 0.350. The molecule has 2 rings (SSSR count). The predicted molar refractivity (Wildman–Crippen MR) is 80.3 cm³/mol. The minimum absolute atomic E-state index is 0.0466. The minimum atomic E-state index is -0.641. The van der Waals surface area contributed by atoms with E-state index >= 15 is 0 Å². The first-order valence-corrected chi connectivity index (χ1v) is 6.18. The summed E-state index contributed by atoms with van der Waals surface area (Å²) in [6.45, 7) is -0.247. The Labute approximate surface area is 126 Å². The van der Waals surface area contributed by atoms with Crippen LogP contribution in [-0.4, -0.2) is 16.7 Å². The van der Waals surface area contributed by atoms with Crippen molar-refractivity contribution in [3.63, 3.8) is 0 Å². The van der Waals surface area contributed by atoms with Gasteiger partial charge in [0.05, 0.1) is 0 Å². The second kappa shape index (κ2) is 6.28. The summed E-state index contributed by atoms with van der Waals surface area (Å²) < 4.78 is 0. The van der Waals surface area contributed by atoms with Crippen LogP contribution in [0.25, 0.3) is 11.1 Å². The summed E-state index contributed by atoms with van der Waals surface area (Å²) in [5.41, 5.74) is 6.27. The first-order valence-electron chi connectivity index (χ1n) is 6.18. The van der Waals surface area contributed by atoms with E-state index in [-0.39, 0.29) is 29.1 Å². The molecule has 0 fully saturated rings. The highest BCUT2D eigenvalue weighted by atomic mass is 16.2. The largest absolute Gasteiger partial charge is 0.384 e. The summed E-state index contributed by atoms with van der Waals surface area (Å²) in [7, 11) is 0. The van der Waals surface area contributed by atoms with Gasteiger partial charge in [-0.1, -0.05) is 24.0 Å². The Morgan fingerprint density at radius 1 is 1.14 bits per heavy atom. The van der Waals surface area contributed by atoms with E-state index in [1.54, 1.807) is 30.3 Å². The molecule has 0 radical (unpaired) electrons. The maximum absolute atomic E-state index is 11.8. The smallest absolute Gasteiger partial charge is 0.268 e. The van der Waals surface area contributed by atoms with Crippen LogP contribution in [0.15, 0.2) is 29.1 Å². The van der Waals surface area contributed by atoms with E-state index in [2.05, 4.69) is 16.8 Å². The lowest BCUT2D eigenvalue weighted by Crippen LogP contribution is -2.16. The number of benzene rings is 1. The number of nitrogen functional groups attached to an aromatic ring is 1. The average Bonchev–Trinajstić information content (AvgIpc) is 2.53. The fourth-order valence-corrected chi connectivity index (χ4v) is 1.99. The van der Waals surface area contributed by atoms with E-state index in [1.165, 1.54) is 0 Å². The molecule has 22 heavy (non-hydrogen) atoms. The number of H-pyrrole nitrogens is 1. The summed E-state index contributed by atoms with van der Waals surface area (Å²) >= 11 is 0. The van der Waals surface area contributed by atoms with Gasteiger partial charge in [0.2, 0.25) is 0 Å². The molecule has 0 saturated carbocycles. The molecular formula is C16H10N4O2. The molecule has 4 N–H and O–H groups in total. The Balaban J connectivity index is 2.70. The zero-order valence-corrected chi connectivity index (χ0v) is 11.3. The van der Waals surface area contributed by atoms with Crippen molar-refractivity contribution in [3.05, 3.63) is 51.3 Å². The predicted octanol–water partition coefficient (Wildman–Crippen LogP) is 0.711. The highest BCUT2D eigenvalue weighted by Gasteiger charge is 2.17. The normalized spacial score (nSPS) is 9.23. The SMILES string of the molecule is N#Cc1c(N)[nH]c(=O)c(C#N)c1-c1ccc(C#CCO)cc1. The van der Waals surface area contributed by atoms with Crippen LogP contribution in [0, 0.1) is 34.5 Å². The Hall–Kier alpha value is -3.53. The van der Waals surface area contributed by atoms with Crippen molar-refractivity contribution < 1.29 is 5.11 Å². The molecule has 1 aromatic carbocycles. The van der Waals surface area contributed by atoms with Crippen LogP contribution in [-0.2, 0) is 0 Å². The van der Waals surface area contributed by atoms with Gasteiger partial charge in [-0.15, -0.1) is 0 Å². The van der Waals surface area contributed by atoms with Gasteiger partial charge >= 0.3 is 0 Å². The third-order valence-electron chi connectivity index (χ3n) is 2.95. The molecule has 1 heterocycles. The van der Waals surface area contributed by atoms with E-state index in [9.17, 15) is 15.3 Å². The zero-order valence-electron chi connectivity index (χ0n) is 11.3. The molecule has 0 saturated heterocycles. The van der Waals surface area contributed by atoms with Crippen molar-refractivity contribution in [2.75, 3.05) is 12.3 Å². The van der Waals surface area contributed by atoms with Gasteiger partial charge in [-0.3, -0.25) is 4.79 Å². The number of hydrogen-bond acceptors (Lipinski definition) is 5. The Bertz CT molecular complexity index is 917. The molecule has 0 bridgehead atoms. The monoisotopic (exact) mass is 290 g/mol. The van der Waals surface area contributed by atoms with E-state index in [0.717, 1.165) is 0 Å². The van der Waals surface area contributed by atoms with Crippen molar-refractivity contribution in [1.29, 1.82) is 10.5 Å². The fourth-order valence-electron chi connectivity index (χ4n) is 1.99. The number of nitrogens with one attached hydrogen (secondary N) is 1. The van der Waals surface area contributed by atoms with E-state index in [4.69, 9.17) is 10.8 Å². The van der Waals surface area contributed by atoms with Gasteiger partial charge in [0.15, 0.2) is 0 Å². The van der Waals surface area contributed by atoms with Gasteiger partial charge in [0.25, 0.3) is 5.56 Å². The van der Waals surface area contributed by atoms with Crippen LogP contribution in [0.2, 0.25) is 0 Å². The van der Waals surface area contributed by atoms with Crippen LogP contribution >= 0.6 is 0 Å². The minimum Gasteiger partial charge on any atom is -0.384 e. The number of nitrogens with two attached hydrogens (primary N) is 1. The van der Waals surface area contributed by atoms with Crippen molar-refractivity contribution in [3.8, 4) is 35.1 Å². The molecule has 0 spiro atoms. The van der Waals surface area contributed by atoms with Crippen LogP contribution in [0.4, 0.5) is 5.82 Å². The van der Waals surface area contributed by atoms with Gasteiger partial charge in [-0.25, -0.2) is 0 Å². The molecule has 0 amide bonds. The molecule has 0 aliphatic rings. The summed E-state index contributed by atoms with van der Waals surface area (Å²) in [4.78, 5) is 14.1. The second-order valence-corrected chi connectivity index (χ2v) is 4.25. The molecule has 0 aliphatic heterocycles. The van der Waals surface area contributed by atoms with E-state index in [1.807, 2.05) is 6.07 Å². The highest BCUT2D eigenvalue weighted by molar-refractivity contribution is 5.80. The molecule has 6 heteroatoms. The van der Waals surface area contributed by atoms with Crippen LogP contribution in [0.5, 0.6) is 0 Å². The molecular weight excluding hydrogens is 280 g/mol. The summed E-state index contributed by atoms with van der Waals surface area (Å²) in [6.07, 6.45) is 0. The Morgan fingerprint density at radius 3 is 2.32 bits per heavy atom. The number of nitriles is 2. The van der Waals surface area contributed by atoms with Crippen molar-refractivity contribution in [2.45, 2.75) is 0 Å². The Kier molecular flexibility index (Phi) is 4.24. The number of aromatic amines is 1. The standard InChI is InChI=1S/C16H10N4O2/c17-8-12-14(13(9-18)16(22)20-15(12)19)11-5-3-10(4-6-11)2-1-7-21/h3-6,21H,7H2,(H3,19,20,22). The van der Waals surface area contributed by atoms with Gasteiger partial charge in [-0.05, 0) is 17.7 Å². The quantitative estimate of drug-likeness (QED) is 0.667. The lowest BCUT2D eigenvalue weighted by atomic mass is 9.96. The van der Waals surface area contributed by atoms with Crippen LogP contribution < -0.4 is 11.3 Å². The molecule has 0 aliphatic carbocycles. The topological polar surface area (TPSA) is 127 Å². The number of nitrogens with zero attached hydrogens (tertiary/aromatic N) is 2. The molecule has 2 aromatic rings. The summed E-state index contributed by atoms with van der Waals surface area (Å²) in [5, 5.41) is 27.1. The van der Waals surface area contributed by atoms with Crippen molar-refractivity contribution in [1.82, 2.24) is 4.98 Å². The van der Waals surface area contributed by atoms with Crippen LogP contribution in [0.1, 0.15) is 16.7 Å². The van der Waals surface area contributed by atoms with E-state index < -0.39 is 5.56 Å².